The molecule has 0 amide bonds. The Labute approximate surface area is 161 Å². The van der Waals surface area contributed by atoms with Gasteiger partial charge in [-0.1, -0.05) is 13.0 Å². The first kappa shape index (κ1) is 19.8. The molecule has 146 valence electrons. The van der Waals surface area contributed by atoms with E-state index in [2.05, 4.69) is 28.9 Å². The zero-order valence-electron chi connectivity index (χ0n) is 16.0. The van der Waals surface area contributed by atoms with Gasteiger partial charge in [-0.3, -0.25) is 9.80 Å². The largest absolute Gasteiger partial charge is 0.493 e. The third-order valence-electron chi connectivity index (χ3n) is 5.09. The highest BCUT2D eigenvalue weighted by Gasteiger charge is 2.27. The lowest BCUT2D eigenvalue weighted by Crippen LogP contribution is -2.40. The number of aliphatic hydroxyl groups is 1. The first-order valence-corrected chi connectivity index (χ1v) is 10.9. The minimum absolute atomic E-state index is 0.294. The fourth-order valence-corrected chi connectivity index (χ4v) is 4.40. The first-order valence-electron chi connectivity index (χ1n) is 9.71. The van der Waals surface area contributed by atoms with Crippen LogP contribution in [0.1, 0.15) is 25.3 Å². The molecule has 1 N–H and O–H groups in total. The van der Waals surface area contributed by atoms with E-state index in [1.807, 2.05) is 17.8 Å². The van der Waals surface area contributed by atoms with Gasteiger partial charge in [0.2, 0.25) is 0 Å². The number of hydrogen-bond acceptors (Lipinski definition) is 6. The van der Waals surface area contributed by atoms with E-state index in [1.54, 1.807) is 7.11 Å². The van der Waals surface area contributed by atoms with E-state index in [4.69, 9.17) is 9.47 Å². The van der Waals surface area contributed by atoms with E-state index in [0.29, 0.717) is 18.9 Å². The second-order valence-electron chi connectivity index (χ2n) is 7.16. The van der Waals surface area contributed by atoms with Crippen molar-refractivity contribution in [3.8, 4) is 11.5 Å². The van der Waals surface area contributed by atoms with Crippen molar-refractivity contribution in [2.45, 2.75) is 38.5 Å². The lowest BCUT2D eigenvalue weighted by atomic mass is 10.2. The molecule has 2 aliphatic rings. The molecule has 0 bridgehead atoms. The molecule has 0 radical (unpaired) electrons. The third kappa shape index (κ3) is 5.78. The van der Waals surface area contributed by atoms with Crippen LogP contribution in [-0.2, 0) is 6.54 Å². The maximum Gasteiger partial charge on any atom is 0.161 e. The van der Waals surface area contributed by atoms with Crippen molar-refractivity contribution >= 4 is 11.8 Å². The zero-order chi connectivity index (χ0) is 18.4. The van der Waals surface area contributed by atoms with Crippen molar-refractivity contribution in [2.75, 3.05) is 51.4 Å². The molecule has 1 atom stereocenters. The van der Waals surface area contributed by atoms with Gasteiger partial charge in [0, 0.05) is 43.7 Å². The molecule has 1 aliphatic heterocycles. The SMILES string of the molecule is CCN(Cc1ccc(OC[C@@H](O)CN2CCSCC2)c(OC)c1)C1CC1. The molecular weight excluding hydrogens is 348 g/mol. The van der Waals surface area contributed by atoms with Crippen molar-refractivity contribution in [1.29, 1.82) is 0 Å². The molecule has 1 heterocycles. The highest BCUT2D eigenvalue weighted by atomic mass is 32.2. The minimum atomic E-state index is -0.479. The van der Waals surface area contributed by atoms with E-state index in [-0.39, 0.29) is 0 Å². The molecule has 26 heavy (non-hydrogen) atoms. The van der Waals surface area contributed by atoms with Gasteiger partial charge >= 0.3 is 0 Å². The highest BCUT2D eigenvalue weighted by molar-refractivity contribution is 7.99. The quantitative estimate of drug-likeness (QED) is 0.673. The number of rotatable bonds is 10. The maximum absolute atomic E-state index is 10.3. The van der Waals surface area contributed by atoms with Gasteiger partial charge in [-0.15, -0.1) is 0 Å². The van der Waals surface area contributed by atoms with Gasteiger partial charge in [0.05, 0.1) is 7.11 Å². The van der Waals surface area contributed by atoms with Crippen LogP contribution in [0, 0.1) is 0 Å². The van der Waals surface area contributed by atoms with E-state index >= 15 is 0 Å². The molecule has 3 rings (SSSR count). The summed E-state index contributed by atoms with van der Waals surface area (Å²) in [5.41, 5.74) is 1.24. The van der Waals surface area contributed by atoms with Gasteiger partial charge in [0.15, 0.2) is 11.5 Å². The second-order valence-corrected chi connectivity index (χ2v) is 8.38. The van der Waals surface area contributed by atoms with Gasteiger partial charge in [-0.05, 0) is 37.1 Å². The number of thioether (sulfide) groups is 1. The number of benzene rings is 1. The van der Waals surface area contributed by atoms with Crippen LogP contribution in [0.3, 0.4) is 0 Å². The lowest BCUT2D eigenvalue weighted by Gasteiger charge is -2.28. The van der Waals surface area contributed by atoms with Crippen LogP contribution in [0.25, 0.3) is 0 Å². The number of aliphatic hydroxyl groups excluding tert-OH is 1. The van der Waals surface area contributed by atoms with Gasteiger partial charge in [0.25, 0.3) is 0 Å². The molecule has 1 saturated heterocycles. The molecule has 1 saturated carbocycles. The molecule has 1 aliphatic carbocycles. The molecule has 1 aromatic carbocycles. The smallest absolute Gasteiger partial charge is 0.161 e. The fourth-order valence-electron chi connectivity index (χ4n) is 3.42. The van der Waals surface area contributed by atoms with Crippen molar-refractivity contribution in [1.82, 2.24) is 9.80 Å². The Balaban J connectivity index is 1.51. The van der Waals surface area contributed by atoms with Crippen molar-refractivity contribution < 1.29 is 14.6 Å². The second kappa shape index (κ2) is 9.83. The van der Waals surface area contributed by atoms with Crippen LogP contribution in [0.2, 0.25) is 0 Å². The molecule has 1 aromatic rings. The van der Waals surface area contributed by atoms with Crippen LogP contribution in [-0.4, -0.2) is 78.5 Å². The Kier molecular flexibility index (Phi) is 7.49. The normalized spacial score (nSPS) is 19.5. The van der Waals surface area contributed by atoms with Crippen LogP contribution in [0.5, 0.6) is 11.5 Å². The number of β-amino-alcohol motifs (C(OH)–C–C–N with tert-alkyl or cyclic N) is 1. The maximum atomic E-state index is 10.3. The predicted molar refractivity (Wildman–Crippen MR) is 107 cm³/mol. The topological polar surface area (TPSA) is 45.2 Å². The van der Waals surface area contributed by atoms with Crippen LogP contribution >= 0.6 is 11.8 Å². The predicted octanol–water partition coefficient (Wildman–Crippen LogP) is 2.47. The molecule has 0 aromatic heterocycles. The highest BCUT2D eigenvalue weighted by Crippen LogP contribution is 2.31. The van der Waals surface area contributed by atoms with Crippen molar-refractivity contribution in [2.24, 2.45) is 0 Å². The van der Waals surface area contributed by atoms with E-state index in [9.17, 15) is 5.11 Å². The molecule has 0 spiro atoms. The van der Waals surface area contributed by atoms with Gasteiger partial charge in [0.1, 0.15) is 12.7 Å². The van der Waals surface area contributed by atoms with Gasteiger partial charge in [-0.2, -0.15) is 11.8 Å². The molecule has 0 unspecified atom stereocenters. The Morgan fingerprint density at radius 1 is 1.27 bits per heavy atom. The lowest BCUT2D eigenvalue weighted by molar-refractivity contribution is 0.0704. The summed E-state index contributed by atoms with van der Waals surface area (Å²) >= 11 is 1.98. The van der Waals surface area contributed by atoms with Crippen molar-refractivity contribution in [3.63, 3.8) is 0 Å². The Bertz CT molecular complexity index is 562. The number of nitrogens with zero attached hydrogens (tertiary/aromatic N) is 2. The molecule has 5 nitrogen and oxygen atoms in total. The summed E-state index contributed by atoms with van der Waals surface area (Å²) in [5.74, 6) is 3.76. The summed E-state index contributed by atoms with van der Waals surface area (Å²) in [6.45, 7) is 7.31. The summed E-state index contributed by atoms with van der Waals surface area (Å²) in [6, 6.07) is 6.90. The van der Waals surface area contributed by atoms with Crippen LogP contribution < -0.4 is 9.47 Å². The van der Waals surface area contributed by atoms with E-state index in [1.165, 1.54) is 18.4 Å². The number of ether oxygens (including phenoxy) is 2. The Hall–Kier alpha value is -0.950. The summed E-state index contributed by atoms with van der Waals surface area (Å²) in [6.07, 6.45) is 2.16. The van der Waals surface area contributed by atoms with Crippen LogP contribution in [0.15, 0.2) is 18.2 Å². The standard InChI is InChI=1S/C20H32N2O3S/c1-3-22(17-5-6-17)13-16-4-7-19(20(12-16)24-2)25-15-18(23)14-21-8-10-26-11-9-21/h4,7,12,17-18,23H,3,5-6,8-11,13-15H2,1-2H3/t18-/m0/s1. The molecule has 2 fully saturated rings. The van der Waals surface area contributed by atoms with E-state index < -0.39 is 6.10 Å². The summed E-state index contributed by atoms with van der Waals surface area (Å²) < 4.78 is 11.4. The average Bonchev–Trinajstić information content (AvgIpc) is 3.50. The van der Waals surface area contributed by atoms with Crippen LogP contribution in [0.4, 0.5) is 0 Å². The average molecular weight is 381 g/mol. The fraction of sp³-hybridized carbons (Fsp3) is 0.700. The van der Waals surface area contributed by atoms with E-state index in [0.717, 1.165) is 49.5 Å². The minimum Gasteiger partial charge on any atom is -0.493 e. The zero-order valence-corrected chi connectivity index (χ0v) is 16.8. The number of hydrogen-bond donors (Lipinski definition) is 1. The Morgan fingerprint density at radius 2 is 2.04 bits per heavy atom. The Morgan fingerprint density at radius 3 is 2.69 bits per heavy atom. The summed E-state index contributed by atoms with van der Waals surface area (Å²) in [4.78, 5) is 4.82. The van der Waals surface area contributed by atoms with Gasteiger partial charge < -0.3 is 14.6 Å². The monoisotopic (exact) mass is 380 g/mol. The molecular formula is C20H32N2O3S. The summed E-state index contributed by atoms with van der Waals surface area (Å²) in [7, 11) is 1.67. The third-order valence-corrected chi connectivity index (χ3v) is 6.03. The molecule has 6 heteroatoms. The summed E-state index contributed by atoms with van der Waals surface area (Å²) in [5, 5.41) is 10.3. The first-order chi connectivity index (χ1) is 12.7. The van der Waals surface area contributed by atoms with Gasteiger partial charge in [-0.25, -0.2) is 0 Å². The number of methoxy groups -OCH3 is 1. The van der Waals surface area contributed by atoms with Crippen molar-refractivity contribution in [3.05, 3.63) is 23.8 Å².